The Morgan fingerprint density at radius 3 is 2.57 bits per heavy atom. The van der Waals surface area contributed by atoms with Crippen LogP contribution in [0.2, 0.25) is 0 Å². The molecule has 0 bridgehead atoms. The standard InChI is InChI=1S/C17H21F3N2O/c18-17(19,20)14-3-1-2-13(10-14)11-15(23)22-8-5-16(6-9-22)4-7-21-12-16/h1-3,10,21H,4-9,11-12H2. The highest BCUT2D eigenvalue weighted by molar-refractivity contribution is 5.79. The van der Waals surface area contributed by atoms with E-state index in [0.29, 0.717) is 24.1 Å². The van der Waals surface area contributed by atoms with Gasteiger partial charge in [-0.15, -0.1) is 0 Å². The SMILES string of the molecule is O=C(Cc1cccc(C(F)(F)F)c1)N1CCC2(CCNC2)CC1. The predicted octanol–water partition coefficient (Wildman–Crippen LogP) is 2.85. The van der Waals surface area contributed by atoms with Gasteiger partial charge in [0.2, 0.25) is 5.91 Å². The first-order valence-electron chi connectivity index (χ1n) is 8.03. The minimum Gasteiger partial charge on any atom is -0.342 e. The molecule has 0 atom stereocenters. The third-order valence-electron chi connectivity index (χ3n) is 5.12. The van der Waals surface area contributed by atoms with E-state index in [-0.39, 0.29) is 12.3 Å². The van der Waals surface area contributed by atoms with Crippen LogP contribution in [0.25, 0.3) is 0 Å². The normalized spacial score (nSPS) is 20.9. The Kier molecular flexibility index (Phi) is 4.36. The second kappa shape index (κ2) is 6.15. The monoisotopic (exact) mass is 326 g/mol. The summed E-state index contributed by atoms with van der Waals surface area (Å²) in [7, 11) is 0. The van der Waals surface area contributed by atoms with Crippen LogP contribution < -0.4 is 5.32 Å². The lowest BCUT2D eigenvalue weighted by Crippen LogP contribution is -2.44. The fourth-order valence-electron chi connectivity index (χ4n) is 3.60. The Morgan fingerprint density at radius 1 is 1.22 bits per heavy atom. The molecule has 2 saturated heterocycles. The molecule has 6 heteroatoms. The van der Waals surface area contributed by atoms with Crippen molar-refractivity contribution in [1.29, 1.82) is 0 Å². The molecular weight excluding hydrogens is 305 g/mol. The quantitative estimate of drug-likeness (QED) is 0.906. The number of carbonyl (C=O) groups excluding carboxylic acids is 1. The number of hydrogen-bond acceptors (Lipinski definition) is 2. The van der Waals surface area contributed by atoms with Crippen molar-refractivity contribution in [2.75, 3.05) is 26.2 Å². The molecule has 1 spiro atoms. The van der Waals surface area contributed by atoms with Gasteiger partial charge in [0.1, 0.15) is 0 Å². The van der Waals surface area contributed by atoms with Crippen molar-refractivity contribution in [2.45, 2.75) is 31.9 Å². The maximum atomic E-state index is 12.7. The molecule has 0 unspecified atom stereocenters. The number of piperidine rings is 1. The van der Waals surface area contributed by atoms with E-state index in [4.69, 9.17) is 0 Å². The molecule has 3 rings (SSSR count). The molecule has 2 aliphatic heterocycles. The zero-order valence-electron chi connectivity index (χ0n) is 13.0. The van der Waals surface area contributed by atoms with Crippen molar-refractivity contribution >= 4 is 5.91 Å². The number of benzene rings is 1. The minimum absolute atomic E-state index is 0.0369. The third kappa shape index (κ3) is 3.68. The molecule has 1 aromatic rings. The number of nitrogens with zero attached hydrogens (tertiary/aromatic N) is 1. The van der Waals surface area contributed by atoms with Crippen LogP contribution >= 0.6 is 0 Å². The highest BCUT2D eigenvalue weighted by Gasteiger charge is 2.38. The topological polar surface area (TPSA) is 32.3 Å². The molecular formula is C17H21F3N2O. The van der Waals surface area contributed by atoms with Gasteiger partial charge in [-0.05, 0) is 42.9 Å². The molecule has 126 valence electrons. The van der Waals surface area contributed by atoms with E-state index in [1.807, 2.05) is 0 Å². The number of nitrogens with one attached hydrogen (secondary N) is 1. The van der Waals surface area contributed by atoms with E-state index < -0.39 is 11.7 Å². The van der Waals surface area contributed by atoms with E-state index in [1.165, 1.54) is 6.07 Å². The molecule has 0 radical (unpaired) electrons. The lowest BCUT2D eigenvalue weighted by Gasteiger charge is -2.39. The summed E-state index contributed by atoms with van der Waals surface area (Å²) in [5, 5.41) is 3.38. The minimum atomic E-state index is -4.37. The zero-order chi connectivity index (χ0) is 16.5. The molecule has 2 aliphatic rings. The Hall–Kier alpha value is -1.56. The molecule has 1 aromatic carbocycles. The van der Waals surface area contributed by atoms with Gasteiger partial charge in [-0.2, -0.15) is 13.2 Å². The third-order valence-corrected chi connectivity index (χ3v) is 5.12. The Labute approximate surface area is 133 Å². The fourth-order valence-corrected chi connectivity index (χ4v) is 3.60. The van der Waals surface area contributed by atoms with E-state index >= 15 is 0 Å². The van der Waals surface area contributed by atoms with Crippen molar-refractivity contribution in [3.63, 3.8) is 0 Å². The van der Waals surface area contributed by atoms with Crippen LogP contribution in [0, 0.1) is 5.41 Å². The first-order valence-corrected chi connectivity index (χ1v) is 8.03. The van der Waals surface area contributed by atoms with Crippen LogP contribution in [0.3, 0.4) is 0 Å². The Balaban J connectivity index is 1.60. The van der Waals surface area contributed by atoms with Crippen molar-refractivity contribution in [3.8, 4) is 0 Å². The van der Waals surface area contributed by atoms with Gasteiger partial charge in [-0.25, -0.2) is 0 Å². The molecule has 23 heavy (non-hydrogen) atoms. The van der Waals surface area contributed by atoms with E-state index in [9.17, 15) is 18.0 Å². The van der Waals surface area contributed by atoms with Gasteiger partial charge in [-0.1, -0.05) is 18.2 Å². The molecule has 0 saturated carbocycles. The van der Waals surface area contributed by atoms with E-state index in [2.05, 4.69) is 5.32 Å². The average molecular weight is 326 g/mol. The van der Waals surface area contributed by atoms with Crippen molar-refractivity contribution in [3.05, 3.63) is 35.4 Å². The number of halogens is 3. The number of likely N-dealkylation sites (tertiary alicyclic amines) is 1. The van der Waals surface area contributed by atoms with Gasteiger partial charge in [0.25, 0.3) is 0 Å². The molecule has 0 aromatic heterocycles. The second-order valence-corrected chi connectivity index (χ2v) is 6.68. The van der Waals surface area contributed by atoms with E-state index in [0.717, 1.165) is 44.5 Å². The van der Waals surface area contributed by atoms with Crippen molar-refractivity contribution < 1.29 is 18.0 Å². The smallest absolute Gasteiger partial charge is 0.342 e. The lowest BCUT2D eigenvalue weighted by molar-refractivity contribution is -0.138. The Morgan fingerprint density at radius 2 is 1.96 bits per heavy atom. The van der Waals surface area contributed by atoms with Crippen LogP contribution in [0.1, 0.15) is 30.4 Å². The van der Waals surface area contributed by atoms with Gasteiger partial charge >= 0.3 is 6.18 Å². The largest absolute Gasteiger partial charge is 0.416 e. The highest BCUT2D eigenvalue weighted by atomic mass is 19.4. The van der Waals surface area contributed by atoms with Gasteiger partial charge in [-0.3, -0.25) is 4.79 Å². The summed E-state index contributed by atoms with van der Waals surface area (Å²) >= 11 is 0. The summed E-state index contributed by atoms with van der Waals surface area (Å²) in [4.78, 5) is 14.2. The van der Waals surface area contributed by atoms with Gasteiger partial charge in [0.15, 0.2) is 0 Å². The summed E-state index contributed by atoms with van der Waals surface area (Å²) in [6.45, 7) is 3.47. The van der Waals surface area contributed by atoms with Crippen LogP contribution in [-0.4, -0.2) is 37.0 Å². The first kappa shape index (κ1) is 16.3. The molecule has 1 amide bonds. The zero-order valence-corrected chi connectivity index (χ0v) is 13.0. The Bertz CT molecular complexity index is 569. The summed E-state index contributed by atoms with van der Waals surface area (Å²) in [5.41, 5.74) is 0.0533. The first-order chi connectivity index (χ1) is 10.9. The number of amides is 1. The highest BCUT2D eigenvalue weighted by Crippen LogP contribution is 2.37. The molecule has 2 heterocycles. The maximum absolute atomic E-state index is 12.7. The van der Waals surface area contributed by atoms with Crippen molar-refractivity contribution in [2.24, 2.45) is 5.41 Å². The van der Waals surface area contributed by atoms with Crippen LogP contribution in [0.5, 0.6) is 0 Å². The van der Waals surface area contributed by atoms with Gasteiger partial charge in [0.05, 0.1) is 12.0 Å². The van der Waals surface area contributed by atoms with Gasteiger partial charge in [0, 0.05) is 19.6 Å². The molecule has 1 N–H and O–H groups in total. The number of hydrogen-bond donors (Lipinski definition) is 1. The fraction of sp³-hybridized carbons (Fsp3) is 0.588. The van der Waals surface area contributed by atoms with Crippen LogP contribution in [-0.2, 0) is 17.4 Å². The van der Waals surface area contributed by atoms with Crippen LogP contribution in [0.4, 0.5) is 13.2 Å². The summed E-state index contributed by atoms with van der Waals surface area (Å²) in [6.07, 6.45) is -1.22. The molecule has 3 nitrogen and oxygen atoms in total. The number of carbonyl (C=O) groups is 1. The predicted molar refractivity (Wildman–Crippen MR) is 80.9 cm³/mol. The second-order valence-electron chi connectivity index (χ2n) is 6.68. The molecule has 0 aliphatic carbocycles. The number of rotatable bonds is 2. The van der Waals surface area contributed by atoms with E-state index in [1.54, 1.807) is 11.0 Å². The number of alkyl halides is 3. The van der Waals surface area contributed by atoms with Crippen LogP contribution in [0.15, 0.2) is 24.3 Å². The lowest BCUT2D eigenvalue weighted by atomic mass is 9.78. The maximum Gasteiger partial charge on any atom is 0.416 e. The summed E-state index contributed by atoms with van der Waals surface area (Å²) in [6, 6.07) is 5.05. The van der Waals surface area contributed by atoms with Gasteiger partial charge < -0.3 is 10.2 Å². The van der Waals surface area contributed by atoms with Crippen molar-refractivity contribution in [1.82, 2.24) is 10.2 Å². The average Bonchev–Trinajstić information content (AvgIpc) is 2.95. The summed E-state index contributed by atoms with van der Waals surface area (Å²) < 4.78 is 38.2. The summed E-state index contributed by atoms with van der Waals surface area (Å²) in [5.74, 6) is -0.0786. The molecule has 2 fully saturated rings.